The van der Waals surface area contributed by atoms with E-state index in [0.29, 0.717) is 0 Å². The van der Waals surface area contributed by atoms with E-state index in [0.717, 1.165) is 32.1 Å². The highest BCUT2D eigenvalue weighted by atomic mass is 16.3. The van der Waals surface area contributed by atoms with Crippen molar-refractivity contribution in [2.24, 2.45) is 5.73 Å². The molecule has 0 aliphatic carbocycles. The highest BCUT2D eigenvalue weighted by Gasteiger charge is 2.27. The predicted molar refractivity (Wildman–Crippen MR) is 62.3 cm³/mol. The molecular formula is C12H27NO. The Hall–Kier alpha value is -0.0800. The van der Waals surface area contributed by atoms with Gasteiger partial charge in [-0.05, 0) is 19.8 Å². The van der Waals surface area contributed by atoms with Crippen LogP contribution in [0.2, 0.25) is 0 Å². The van der Waals surface area contributed by atoms with Crippen LogP contribution in [0, 0.1) is 0 Å². The van der Waals surface area contributed by atoms with E-state index in [2.05, 4.69) is 13.8 Å². The van der Waals surface area contributed by atoms with Crippen molar-refractivity contribution < 1.29 is 5.11 Å². The summed E-state index contributed by atoms with van der Waals surface area (Å²) in [6, 6.07) is -0.0562. The second kappa shape index (κ2) is 7.24. The van der Waals surface area contributed by atoms with Gasteiger partial charge in [0.25, 0.3) is 0 Å². The molecule has 14 heavy (non-hydrogen) atoms. The van der Waals surface area contributed by atoms with Gasteiger partial charge < -0.3 is 10.8 Å². The quantitative estimate of drug-likeness (QED) is 0.593. The summed E-state index contributed by atoms with van der Waals surface area (Å²) in [4.78, 5) is 0. The minimum Gasteiger partial charge on any atom is -0.389 e. The molecule has 2 heteroatoms. The van der Waals surface area contributed by atoms with Crippen molar-refractivity contribution in [3.8, 4) is 0 Å². The third kappa shape index (κ3) is 5.61. The van der Waals surface area contributed by atoms with Crippen LogP contribution >= 0.6 is 0 Å². The summed E-state index contributed by atoms with van der Waals surface area (Å²) in [6.07, 6.45) is 7.52. The molecule has 0 aromatic heterocycles. The molecular weight excluding hydrogens is 174 g/mol. The molecule has 0 saturated heterocycles. The molecule has 0 aromatic carbocycles. The molecule has 0 fully saturated rings. The van der Waals surface area contributed by atoms with E-state index in [1.54, 1.807) is 0 Å². The number of aliphatic hydroxyl groups is 1. The first-order valence-electron chi connectivity index (χ1n) is 6.02. The van der Waals surface area contributed by atoms with Crippen LogP contribution in [0.5, 0.6) is 0 Å². The van der Waals surface area contributed by atoms with Crippen molar-refractivity contribution in [2.75, 3.05) is 0 Å². The Labute approximate surface area is 88.9 Å². The molecule has 0 heterocycles. The minimum absolute atomic E-state index is 0.0562. The summed E-state index contributed by atoms with van der Waals surface area (Å²) in [6.45, 7) is 6.20. The molecule has 2 atom stereocenters. The van der Waals surface area contributed by atoms with E-state index >= 15 is 0 Å². The highest BCUT2D eigenvalue weighted by molar-refractivity contribution is 4.84. The zero-order valence-corrected chi connectivity index (χ0v) is 10.1. The SMILES string of the molecule is CCCCCC(C)(O)C(N)CCCC. The van der Waals surface area contributed by atoms with Crippen LogP contribution in [-0.4, -0.2) is 16.7 Å². The maximum absolute atomic E-state index is 10.1. The van der Waals surface area contributed by atoms with Crippen molar-refractivity contribution in [1.82, 2.24) is 0 Å². The number of hydrogen-bond donors (Lipinski definition) is 2. The number of rotatable bonds is 8. The second-order valence-electron chi connectivity index (χ2n) is 4.56. The molecule has 0 spiro atoms. The zero-order valence-electron chi connectivity index (χ0n) is 10.1. The molecule has 86 valence electrons. The summed E-state index contributed by atoms with van der Waals surface area (Å²) in [5, 5.41) is 10.1. The van der Waals surface area contributed by atoms with Gasteiger partial charge in [-0.15, -0.1) is 0 Å². The average Bonchev–Trinajstić information content (AvgIpc) is 2.14. The van der Waals surface area contributed by atoms with E-state index < -0.39 is 5.60 Å². The monoisotopic (exact) mass is 201 g/mol. The fourth-order valence-corrected chi connectivity index (χ4v) is 1.65. The van der Waals surface area contributed by atoms with E-state index in [-0.39, 0.29) is 6.04 Å². The van der Waals surface area contributed by atoms with Crippen LogP contribution in [-0.2, 0) is 0 Å². The zero-order chi connectivity index (χ0) is 11.0. The van der Waals surface area contributed by atoms with Gasteiger partial charge in [-0.1, -0.05) is 46.0 Å². The van der Waals surface area contributed by atoms with Crippen molar-refractivity contribution in [3.05, 3.63) is 0 Å². The lowest BCUT2D eigenvalue weighted by Crippen LogP contribution is -2.45. The lowest BCUT2D eigenvalue weighted by Gasteiger charge is -2.30. The Kier molecular flexibility index (Phi) is 7.20. The first-order valence-corrected chi connectivity index (χ1v) is 6.02. The van der Waals surface area contributed by atoms with Crippen molar-refractivity contribution >= 4 is 0 Å². The van der Waals surface area contributed by atoms with Crippen molar-refractivity contribution in [2.45, 2.75) is 77.4 Å². The van der Waals surface area contributed by atoms with Gasteiger partial charge in [-0.25, -0.2) is 0 Å². The molecule has 3 N–H and O–H groups in total. The van der Waals surface area contributed by atoms with E-state index in [1.807, 2.05) is 6.92 Å². The largest absolute Gasteiger partial charge is 0.389 e. The first-order chi connectivity index (χ1) is 6.54. The van der Waals surface area contributed by atoms with Gasteiger partial charge in [0.15, 0.2) is 0 Å². The Balaban J connectivity index is 3.77. The molecule has 0 rings (SSSR count). The maximum atomic E-state index is 10.1. The molecule has 0 radical (unpaired) electrons. The van der Waals surface area contributed by atoms with Crippen LogP contribution in [0.1, 0.15) is 65.7 Å². The standard InChI is InChI=1S/C12H27NO/c1-4-6-8-10-12(3,14)11(13)9-7-5-2/h11,14H,4-10,13H2,1-3H3. The van der Waals surface area contributed by atoms with Crippen LogP contribution in [0.3, 0.4) is 0 Å². The number of hydrogen-bond acceptors (Lipinski definition) is 2. The van der Waals surface area contributed by atoms with Gasteiger partial charge in [0.1, 0.15) is 0 Å². The molecule has 2 nitrogen and oxygen atoms in total. The summed E-state index contributed by atoms with van der Waals surface area (Å²) < 4.78 is 0. The molecule has 0 aliphatic heterocycles. The minimum atomic E-state index is -0.662. The molecule has 0 bridgehead atoms. The first kappa shape index (κ1) is 13.9. The molecule has 0 aliphatic rings. The topological polar surface area (TPSA) is 46.2 Å². The Morgan fingerprint density at radius 1 is 1.14 bits per heavy atom. The van der Waals surface area contributed by atoms with Crippen molar-refractivity contribution in [3.63, 3.8) is 0 Å². The Morgan fingerprint density at radius 2 is 1.71 bits per heavy atom. The van der Waals surface area contributed by atoms with Gasteiger partial charge in [0, 0.05) is 6.04 Å². The van der Waals surface area contributed by atoms with E-state index in [1.165, 1.54) is 12.8 Å². The molecule has 2 unspecified atom stereocenters. The summed E-state index contributed by atoms with van der Waals surface area (Å²) in [5.74, 6) is 0. The fraction of sp³-hybridized carbons (Fsp3) is 1.00. The third-order valence-corrected chi connectivity index (χ3v) is 2.95. The Bertz CT molecular complexity index is 134. The molecule has 0 amide bonds. The average molecular weight is 201 g/mol. The predicted octanol–water partition coefficient (Wildman–Crippen LogP) is 2.84. The summed E-state index contributed by atoms with van der Waals surface area (Å²) >= 11 is 0. The van der Waals surface area contributed by atoms with Crippen LogP contribution in [0.25, 0.3) is 0 Å². The second-order valence-corrected chi connectivity index (χ2v) is 4.56. The van der Waals surface area contributed by atoms with Gasteiger partial charge in [-0.2, -0.15) is 0 Å². The molecule has 0 saturated carbocycles. The van der Waals surface area contributed by atoms with Crippen molar-refractivity contribution in [1.29, 1.82) is 0 Å². The smallest absolute Gasteiger partial charge is 0.0769 e. The summed E-state index contributed by atoms with van der Waals surface area (Å²) in [7, 11) is 0. The van der Waals surface area contributed by atoms with Crippen LogP contribution in [0.15, 0.2) is 0 Å². The van der Waals surface area contributed by atoms with Gasteiger partial charge in [-0.3, -0.25) is 0 Å². The van der Waals surface area contributed by atoms with Crippen LogP contribution in [0.4, 0.5) is 0 Å². The Morgan fingerprint density at radius 3 is 2.21 bits per heavy atom. The number of nitrogens with two attached hydrogens (primary N) is 1. The maximum Gasteiger partial charge on any atom is 0.0769 e. The van der Waals surface area contributed by atoms with E-state index in [9.17, 15) is 5.11 Å². The highest BCUT2D eigenvalue weighted by Crippen LogP contribution is 2.20. The summed E-state index contributed by atoms with van der Waals surface area (Å²) in [5.41, 5.74) is 5.31. The lowest BCUT2D eigenvalue weighted by molar-refractivity contribution is 0.0186. The van der Waals surface area contributed by atoms with Crippen LogP contribution < -0.4 is 5.73 Å². The van der Waals surface area contributed by atoms with E-state index in [4.69, 9.17) is 5.73 Å². The van der Waals surface area contributed by atoms with Gasteiger partial charge in [0.2, 0.25) is 0 Å². The third-order valence-electron chi connectivity index (χ3n) is 2.95. The lowest BCUT2D eigenvalue weighted by atomic mass is 9.88. The molecule has 0 aromatic rings. The normalized spacial score (nSPS) is 17.8. The van der Waals surface area contributed by atoms with Gasteiger partial charge in [0.05, 0.1) is 5.60 Å². The van der Waals surface area contributed by atoms with Gasteiger partial charge >= 0.3 is 0 Å². The fourth-order valence-electron chi connectivity index (χ4n) is 1.65. The number of unbranched alkanes of at least 4 members (excludes halogenated alkanes) is 3.